The van der Waals surface area contributed by atoms with Crippen LogP contribution in [0.4, 0.5) is 5.69 Å². The van der Waals surface area contributed by atoms with Gasteiger partial charge in [0.1, 0.15) is 11.6 Å². The van der Waals surface area contributed by atoms with Crippen molar-refractivity contribution in [3.05, 3.63) is 34.3 Å². The van der Waals surface area contributed by atoms with E-state index in [0.717, 1.165) is 4.57 Å². The first-order valence-corrected chi connectivity index (χ1v) is 6.49. The Kier molecular flexibility index (Phi) is 2.35. The van der Waals surface area contributed by atoms with Crippen LogP contribution in [0.3, 0.4) is 0 Å². The molecule has 1 aromatic heterocycles. The number of hydrogen-bond acceptors (Lipinski definition) is 5. The SMILES string of the molecule is [2H]Cc1nc2cc([2H])c([2H])c(N)c2c(=O)n1C1CCC(=O)CC1=O. The number of anilines is 1. The Morgan fingerprint density at radius 3 is 3.00 bits per heavy atom. The highest BCUT2D eigenvalue weighted by Gasteiger charge is 2.30. The Bertz CT molecular complexity index is 939. The number of Topliss-reactive ketones (excluding diaryl/α,β-unsaturated/α-hetero) is 2. The number of hydrogen-bond donors (Lipinski definition) is 1. The molecule has 1 unspecified atom stereocenters. The molecule has 1 saturated carbocycles. The molecule has 2 N–H and O–H groups in total. The van der Waals surface area contributed by atoms with Gasteiger partial charge in [-0.05, 0) is 25.4 Å². The van der Waals surface area contributed by atoms with E-state index in [4.69, 9.17) is 9.85 Å². The van der Waals surface area contributed by atoms with Crippen molar-refractivity contribution >= 4 is 28.2 Å². The Labute approximate surface area is 124 Å². The van der Waals surface area contributed by atoms with Gasteiger partial charge in [-0.15, -0.1) is 0 Å². The molecule has 21 heavy (non-hydrogen) atoms. The summed E-state index contributed by atoms with van der Waals surface area (Å²) in [5.41, 5.74) is 5.18. The van der Waals surface area contributed by atoms with Crippen LogP contribution < -0.4 is 11.3 Å². The quantitative estimate of drug-likeness (QED) is 0.627. The maximum atomic E-state index is 12.9. The lowest BCUT2D eigenvalue weighted by atomic mass is 9.92. The molecule has 1 aliphatic carbocycles. The molecule has 6 heteroatoms. The van der Waals surface area contributed by atoms with Gasteiger partial charge in [-0.2, -0.15) is 0 Å². The third kappa shape index (κ3) is 2.12. The minimum absolute atomic E-state index is 0.0297. The number of carbonyl (C=O) groups excluding carboxylic acids is 2. The number of aromatic nitrogens is 2. The molecule has 0 saturated heterocycles. The molecule has 1 heterocycles. The van der Waals surface area contributed by atoms with Crippen LogP contribution in [0.1, 0.15) is 35.2 Å². The van der Waals surface area contributed by atoms with E-state index >= 15 is 0 Å². The van der Waals surface area contributed by atoms with E-state index in [9.17, 15) is 14.4 Å². The fraction of sp³-hybridized carbons (Fsp3) is 0.333. The molecule has 2 aromatic rings. The van der Waals surface area contributed by atoms with E-state index in [1.165, 1.54) is 6.07 Å². The van der Waals surface area contributed by atoms with Gasteiger partial charge in [0.05, 0.1) is 26.1 Å². The molecule has 3 rings (SSSR count). The van der Waals surface area contributed by atoms with Crippen LogP contribution in [0.5, 0.6) is 0 Å². The summed E-state index contributed by atoms with van der Waals surface area (Å²) < 4.78 is 24.2. The van der Waals surface area contributed by atoms with Crippen molar-refractivity contribution in [1.82, 2.24) is 9.55 Å². The van der Waals surface area contributed by atoms with Crippen LogP contribution in [-0.4, -0.2) is 21.1 Å². The normalized spacial score (nSPS) is 21.1. The molecule has 1 aliphatic rings. The molecule has 1 atom stereocenters. The lowest BCUT2D eigenvalue weighted by Gasteiger charge is -2.24. The third-order valence-electron chi connectivity index (χ3n) is 3.65. The van der Waals surface area contributed by atoms with Crippen molar-refractivity contribution in [2.45, 2.75) is 32.2 Å². The Morgan fingerprint density at radius 2 is 2.29 bits per heavy atom. The molecule has 108 valence electrons. The summed E-state index contributed by atoms with van der Waals surface area (Å²) in [6.45, 7) is -0.335. The van der Waals surface area contributed by atoms with Crippen LogP contribution in [0, 0.1) is 6.90 Å². The molecule has 1 aromatic carbocycles. The molecule has 0 spiro atoms. The maximum absolute atomic E-state index is 12.9. The van der Waals surface area contributed by atoms with Gasteiger partial charge in [-0.3, -0.25) is 19.0 Å². The number of fused-ring (bicyclic) bond motifs is 1. The summed E-state index contributed by atoms with van der Waals surface area (Å²) in [7, 11) is 0. The standard InChI is InChI=1S/C15H15N3O3/c1-8-17-11-4-2-3-10(16)14(11)15(21)18(8)12-6-5-9(19)7-13(12)20/h2-4,12H,5-7,16H2,1H3/i1D,2D,3D. The number of rotatable bonds is 1. The first-order chi connectivity index (χ1) is 11.3. The molecule has 0 bridgehead atoms. The number of nitrogen functional groups attached to an aromatic ring is 1. The molecule has 0 radical (unpaired) electrons. The van der Waals surface area contributed by atoms with Gasteiger partial charge in [0.15, 0.2) is 5.78 Å². The summed E-state index contributed by atoms with van der Waals surface area (Å²) in [6.07, 6.45) is 0.127. The molecule has 0 aliphatic heterocycles. The highest BCUT2D eigenvalue weighted by Crippen LogP contribution is 2.24. The van der Waals surface area contributed by atoms with E-state index in [0.29, 0.717) is 0 Å². The van der Waals surface area contributed by atoms with Crippen molar-refractivity contribution in [3.8, 4) is 0 Å². The summed E-state index contributed by atoms with van der Waals surface area (Å²) in [6, 6.07) is -0.0427. The number of nitrogens with two attached hydrogens (primary N) is 1. The van der Waals surface area contributed by atoms with Crippen molar-refractivity contribution in [2.75, 3.05) is 5.73 Å². The van der Waals surface area contributed by atoms with Crippen molar-refractivity contribution < 1.29 is 13.7 Å². The first kappa shape index (κ1) is 10.3. The smallest absolute Gasteiger partial charge is 0.264 e. The summed E-state index contributed by atoms with van der Waals surface area (Å²) in [5, 5.41) is -0.0297. The predicted molar refractivity (Wildman–Crippen MR) is 78.1 cm³/mol. The zero-order valence-electron chi connectivity index (χ0n) is 14.2. The van der Waals surface area contributed by atoms with Gasteiger partial charge in [0.25, 0.3) is 5.56 Å². The van der Waals surface area contributed by atoms with Crippen LogP contribution in [0.25, 0.3) is 10.9 Å². The number of carbonyl (C=O) groups is 2. The van der Waals surface area contributed by atoms with Crippen molar-refractivity contribution in [3.63, 3.8) is 0 Å². The molecule has 0 amide bonds. The first-order valence-electron chi connectivity index (χ1n) is 8.20. The average molecular weight is 288 g/mol. The summed E-state index contributed by atoms with van der Waals surface area (Å²) in [4.78, 5) is 40.7. The summed E-state index contributed by atoms with van der Waals surface area (Å²) >= 11 is 0. The lowest BCUT2D eigenvalue weighted by molar-refractivity contribution is -0.132. The van der Waals surface area contributed by atoms with Crippen LogP contribution in [-0.2, 0) is 9.59 Å². The zero-order valence-corrected chi connectivity index (χ0v) is 11.2. The largest absolute Gasteiger partial charge is 0.398 e. The number of ketones is 2. The third-order valence-corrected chi connectivity index (χ3v) is 3.65. The van der Waals surface area contributed by atoms with Gasteiger partial charge in [0.2, 0.25) is 0 Å². The molecular weight excluding hydrogens is 270 g/mol. The number of nitrogens with zero attached hydrogens (tertiary/aromatic N) is 2. The number of benzene rings is 1. The van der Waals surface area contributed by atoms with Crippen molar-refractivity contribution in [2.24, 2.45) is 0 Å². The summed E-state index contributed by atoms with van der Waals surface area (Å²) in [5.74, 6) is -0.472. The van der Waals surface area contributed by atoms with E-state index < -0.39 is 11.6 Å². The van der Waals surface area contributed by atoms with Gasteiger partial charge in [0, 0.05) is 13.5 Å². The van der Waals surface area contributed by atoms with Gasteiger partial charge >= 0.3 is 0 Å². The second-order valence-electron chi connectivity index (χ2n) is 5.03. The monoisotopic (exact) mass is 288 g/mol. The average Bonchev–Trinajstić information content (AvgIpc) is 2.53. The predicted octanol–water partition coefficient (Wildman–Crippen LogP) is 1.15. The number of aryl methyl sites for hydroxylation is 1. The van der Waals surface area contributed by atoms with E-state index in [1.54, 1.807) is 0 Å². The molecular formula is C15H15N3O3. The van der Waals surface area contributed by atoms with Crippen LogP contribution in [0.2, 0.25) is 0 Å². The van der Waals surface area contributed by atoms with Crippen LogP contribution >= 0.6 is 0 Å². The van der Waals surface area contributed by atoms with Gasteiger partial charge in [-0.1, -0.05) is 6.04 Å². The van der Waals surface area contributed by atoms with Gasteiger partial charge in [-0.25, -0.2) is 4.98 Å². The minimum atomic E-state index is -0.850. The topological polar surface area (TPSA) is 95.0 Å². The lowest BCUT2D eigenvalue weighted by Crippen LogP contribution is -2.36. The van der Waals surface area contributed by atoms with Crippen LogP contribution in [0.15, 0.2) is 22.9 Å². The van der Waals surface area contributed by atoms with E-state index in [-0.39, 0.29) is 72.2 Å². The molecule has 6 nitrogen and oxygen atoms in total. The van der Waals surface area contributed by atoms with E-state index in [1.807, 2.05) is 0 Å². The Morgan fingerprint density at radius 1 is 1.48 bits per heavy atom. The van der Waals surface area contributed by atoms with Crippen molar-refractivity contribution in [1.29, 1.82) is 0 Å². The van der Waals surface area contributed by atoms with Gasteiger partial charge < -0.3 is 5.73 Å². The molecule has 1 fully saturated rings. The second-order valence-corrected chi connectivity index (χ2v) is 5.03. The maximum Gasteiger partial charge on any atom is 0.264 e. The zero-order chi connectivity index (χ0) is 17.6. The Hall–Kier alpha value is -2.50. The minimum Gasteiger partial charge on any atom is -0.398 e. The second kappa shape index (κ2) is 4.80. The Balaban J connectivity index is 2.32. The highest BCUT2D eigenvalue weighted by molar-refractivity contribution is 6.03. The fourth-order valence-corrected chi connectivity index (χ4v) is 2.65. The fourth-order valence-electron chi connectivity index (χ4n) is 2.65. The highest BCUT2D eigenvalue weighted by atomic mass is 16.2. The van der Waals surface area contributed by atoms with E-state index in [2.05, 4.69) is 4.98 Å².